The second-order valence-electron chi connectivity index (χ2n) is 3.67. The maximum Gasteiger partial charge on any atom is 0.130 e. The molecular formula is C13H13ClN2. The summed E-state index contributed by atoms with van der Waals surface area (Å²) < 4.78 is 0. The number of nitrogens with one attached hydrogen (secondary N) is 1. The van der Waals surface area contributed by atoms with Gasteiger partial charge in [0.15, 0.2) is 0 Å². The van der Waals surface area contributed by atoms with Crippen molar-refractivity contribution >= 4 is 23.1 Å². The van der Waals surface area contributed by atoms with E-state index < -0.39 is 0 Å². The van der Waals surface area contributed by atoms with Crippen molar-refractivity contribution in [1.82, 2.24) is 4.98 Å². The third kappa shape index (κ3) is 2.74. The highest BCUT2D eigenvalue weighted by Gasteiger charge is 1.96. The maximum atomic E-state index is 5.73. The Bertz CT molecular complexity index is 466. The SMILES string of the molecule is Cc1ccnc(Nc2ccc(CCl)cc2)c1. The predicted octanol–water partition coefficient (Wildman–Crippen LogP) is 3.87. The number of nitrogens with zero attached hydrogens (tertiary/aromatic N) is 1. The first kappa shape index (κ1) is 11.0. The van der Waals surface area contributed by atoms with Crippen LogP contribution in [-0.2, 0) is 5.88 Å². The fraction of sp³-hybridized carbons (Fsp3) is 0.154. The van der Waals surface area contributed by atoms with E-state index in [1.807, 2.05) is 43.3 Å². The standard InChI is InChI=1S/C13H13ClN2/c1-10-6-7-15-13(8-10)16-12-4-2-11(9-14)3-5-12/h2-8H,9H2,1H3,(H,15,16). The zero-order valence-electron chi connectivity index (χ0n) is 9.07. The van der Waals surface area contributed by atoms with Gasteiger partial charge in [0.25, 0.3) is 0 Å². The summed E-state index contributed by atoms with van der Waals surface area (Å²) in [6, 6.07) is 12.0. The zero-order chi connectivity index (χ0) is 11.4. The fourth-order valence-electron chi connectivity index (χ4n) is 1.43. The van der Waals surface area contributed by atoms with E-state index in [9.17, 15) is 0 Å². The number of hydrogen-bond donors (Lipinski definition) is 1. The molecule has 82 valence electrons. The second-order valence-corrected chi connectivity index (χ2v) is 3.94. The molecule has 0 spiro atoms. The molecule has 2 rings (SSSR count). The Hall–Kier alpha value is -1.54. The Kier molecular flexibility index (Phi) is 3.42. The van der Waals surface area contributed by atoms with Crippen LogP contribution < -0.4 is 5.32 Å². The van der Waals surface area contributed by atoms with E-state index in [2.05, 4.69) is 10.3 Å². The molecule has 2 aromatic rings. The lowest BCUT2D eigenvalue weighted by Gasteiger charge is -2.06. The average Bonchev–Trinajstić information content (AvgIpc) is 2.30. The van der Waals surface area contributed by atoms with E-state index in [0.717, 1.165) is 17.1 Å². The van der Waals surface area contributed by atoms with Gasteiger partial charge in [-0.2, -0.15) is 0 Å². The quantitative estimate of drug-likeness (QED) is 0.813. The van der Waals surface area contributed by atoms with Crippen LogP contribution in [0.15, 0.2) is 42.6 Å². The van der Waals surface area contributed by atoms with Crippen LogP contribution in [0.5, 0.6) is 0 Å². The van der Waals surface area contributed by atoms with Gasteiger partial charge < -0.3 is 5.32 Å². The minimum atomic E-state index is 0.545. The minimum Gasteiger partial charge on any atom is -0.340 e. The number of hydrogen-bond acceptors (Lipinski definition) is 2. The van der Waals surface area contributed by atoms with Gasteiger partial charge in [0.2, 0.25) is 0 Å². The van der Waals surface area contributed by atoms with E-state index in [-0.39, 0.29) is 0 Å². The monoisotopic (exact) mass is 232 g/mol. The van der Waals surface area contributed by atoms with E-state index in [1.165, 1.54) is 5.56 Å². The van der Waals surface area contributed by atoms with Gasteiger partial charge in [-0.25, -0.2) is 4.98 Å². The molecule has 0 atom stereocenters. The smallest absolute Gasteiger partial charge is 0.130 e. The van der Waals surface area contributed by atoms with Crippen molar-refractivity contribution in [1.29, 1.82) is 0 Å². The Labute approximate surface area is 100 Å². The summed E-state index contributed by atoms with van der Waals surface area (Å²) in [7, 11) is 0. The van der Waals surface area contributed by atoms with Gasteiger partial charge >= 0.3 is 0 Å². The maximum absolute atomic E-state index is 5.73. The Morgan fingerprint density at radius 3 is 2.56 bits per heavy atom. The summed E-state index contributed by atoms with van der Waals surface area (Å²) in [4.78, 5) is 4.24. The molecule has 0 fully saturated rings. The molecule has 2 nitrogen and oxygen atoms in total. The summed E-state index contributed by atoms with van der Waals surface area (Å²) in [6.07, 6.45) is 1.80. The summed E-state index contributed by atoms with van der Waals surface area (Å²) in [5, 5.41) is 3.24. The highest BCUT2D eigenvalue weighted by Crippen LogP contribution is 2.16. The number of halogens is 1. The highest BCUT2D eigenvalue weighted by atomic mass is 35.5. The lowest BCUT2D eigenvalue weighted by atomic mass is 10.2. The van der Waals surface area contributed by atoms with Crippen molar-refractivity contribution in [3.05, 3.63) is 53.7 Å². The number of alkyl halides is 1. The summed E-state index contributed by atoms with van der Waals surface area (Å²) in [5.74, 6) is 1.40. The van der Waals surface area contributed by atoms with Crippen LogP contribution in [0, 0.1) is 6.92 Å². The Morgan fingerprint density at radius 2 is 1.94 bits per heavy atom. The first-order chi connectivity index (χ1) is 7.78. The van der Waals surface area contributed by atoms with Crippen molar-refractivity contribution in [2.45, 2.75) is 12.8 Å². The van der Waals surface area contributed by atoms with Crippen LogP contribution >= 0.6 is 11.6 Å². The molecule has 1 aromatic heterocycles. The van der Waals surface area contributed by atoms with Crippen molar-refractivity contribution in [2.24, 2.45) is 0 Å². The molecule has 1 N–H and O–H groups in total. The number of aryl methyl sites for hydroxylation is 1. The number of anilines is 2. The Balaban J connectivity index is 2.14. The second kappa shape index (κ2) is 4.99. The van der Waals surface area contributed by atoms with Crippen LogP contribution in [0.3, 0.4) is 0 Å². The number of rotatable bonds is 3. The van der Waals surface area contributed by atoms with Crippen LogP contribution in [0.25, 0.3) is 0 Å². The molecule has 0 aliphatic carbocycles. The molecule has 0 amide bonds. The van der Waals surface area contributed by atoms with Crippen molar-refractivity contribution in [2.75, 3.05) is 5.32 Å². The molecule has 0 radical (unpaired) electrons. The van der Waals surface area contributed by atoms with Gasteiger partial charge in [-0.05, 0) is 42.3 Å². The predicted molar refractivity (Wildman–Crippen MR) is 68.3 cm³/mol. The molecule has 0 saturated heterocycles. The number of pyridine rings is 1. The van der Waals surface area contributed by atoms with Gasteiger partial charge in [0.05, 0.1) is 0 Å². The molecule has 16 heavy (non-hydrogen) atoms. The summed E-state index contributed by atoms with van der Waals surface area (Å²) in [5.41, 5.74) is 3.33. The largest absolute Gasteiger partial charge is 0.340 e. The molecule has 3 heteroatoms. The lowest BCUT2D eigenvalue weighted by molar-refractivity contribution is 1.27. The molecule has 0 unspecified atom stereocenters. The highest BCUT2D eigenvalue weighted by molar-refractivity contribution is 6.17. The van der Waals surface area contributed by atoms with Crippen molar-refractivity contribution in [3.63, 3.8) is 0 Å². The van der Waals surface area contributed by atoms with Crippen LogP contribution in [0.4, 0.5) is 11.5 Å². The van der Waals surface area contributed by atoms with Crippen LogP contribution in [0.2, 0.25) is 0 Å². The molecular weight excluding hydrogens is 220 g/mol. The topological polar surface area (TPSA) is 24.9 Å². The van der Waals surface area contributed by atoms with Gasteiger partial charge in [-0.15, -0.1) is 11.6 Å². The van der Waals surface area contributed by atoms with Crippen molar-refractivity contribution in [3.8, 4) is 0 Å². The van der Waals surface area contributed by atoms with E-state index in [4.69, 9.17) is 11.6 Å². The van der Waals surface area contributed by atoms with Crippen molar-refractivity contribution < 1.29 is 0 Å². The molecule has 0 aliphatic rings. The molecule has 0 bridgehead atoms. The molecule has 1 aromatic carbocycles. The normalized spacial score (nSPS) is 10.1. The van der Waals surface area contributed by atoms with Gasteiger partial charge in [-0.3, -0.25) is 0 Å². The molecule has 0 saturated carbocycles. The van der Waals surface area contributed by atoms with E-state index in [1.54, 1.807) is 6.20 Å². The third-order valence-electron chi connectivity index (χ3n) is 2.30. The lowest BCUT2D eigenvalue weighted by Crippen LogP contribution is -1.93. The first-order valence-electron chi connectivity index (χ1n) is 5.12. The fourth-order valence-corrected chi connectivity index (χ4v) is 1.61. The molecule has 1 heterocycles. The summed E-state index contributed by atoms with van der Waals surface area (Å²) >= 11 is 5.73. The third-order valence-corrected chi connectivity index (χ3v) is 2.60. The van der Waals surface area contributed by atoms with Gasteiger partial charge in [0.1, 0.15) is 5.82 Å². The van der Waals surface area contributed by atoms with Gasteiger partial charge in [-0.1, -0.05) is 12.1 Å². The Morgan fingerprint density at radius 1 is 1.19 bits per heavy atom. The van der Waals surface area contributed by atoms with Crippen LogP contribution in [0.1, 0.15) is 11.1 Å². The van der Waals surface area contributed by atoms with E-state index >= 15 is 0 Å². The number of aromatic nitrogens is 1. The summed E-state index contributed by atoms with van der Waals surface area (Å²) in [6.45, 7) is 2.05. The first-order valence-corrected chi connectivity index (χ1v) is 5.66. The minimum absolute atomic E-state index is 0.545. The van der Waals surface area contributed by atoms with Crippen LogP contribution in [-0.4, -0.2) is 4.98 Å². The van der Waals surface area contributed by atoms with E-state index in [0.29, 0.717) is 5.88 Å². The number of benzene rings is 1. The average molecular weight is 233 g/mol. The zero-order valence-corrected chi connectivity index (χ0v) is 9.83. The van der Waals surface area contributed by atoms with Gasteiger partial charge in [0, 0.05) is 17.8 Å². The molecule has 0 aliphatic heterocycles.